The highest BCUT2D eigenvalue weighted by molar-refractivity contribution is 8.00. The van der Waals surface area contributed by atoms with E-state index in [-0.39, 0.29) is 23.2 Å². The van der Waals surface area contributed by atoms with E-state index >= 15 is 0 Å². The van der Waals surface area contributed by atoms with Gasteiger partial charge in [-0.15, -0.1) is 11.8 Å². The number of amides is 2. The third-order valence-electron chi connectivity index (χ3n) is 5.85. The Bertz CT molecular complexity index is 1090. The number of nitrogens with zero attached hydrogens (tertiary/aromatic N) is 1. The van der Waals surface area contributed by atoms with E-state index in [0.29, 0.717) is 17.9 Å². The lowest BCUT2D eigenvalue weighted by Crippen LogP contribution is -2.29. The molecule has 6 heteroatoms. The number of carbonyl (C=O) groups is 2. The van der Waals surface area contributed by atoms with Crippen LogP contribution in [0.25, 0.3) is 0 Å². The average Bonchev–Trinajstić information content (AvgIpc) is 3.43. The van der Waals surface area contributed by atoms with Crippen LogP contribution < -0.4 is 5.32 Å². The van der Waals surface area contributed by atoms with Crippen molar-refractivity contribution in [1.82, 2.24) is 10.2 Å². The molecule has 5 nitrogen and oxygen atoms in total. The summed E-state index contributed by atoms with van der Waals surface area (Å²) >= 11 is 1.60. The molecule has 1 saturated heterocycles. The molecule has 0 unspecified atom stereocenters. The van der Waals surface area contributed by atoms with Gasteiger partial charge in [0.1, 0.15) is 11.1 Å². The Labute approximate surface area is 193 Å². The molecular weight excluding hydrogens is 420 g/mol. The zero-order valence-corrected chi connectivity index (χ0v) is 19.4. The maximum absolute atomic E-state index is 12.9. The summed E-state index contributed by atoms with van der Waals surface area (Å²) in [6, 6.07) is 17.6. The van der Waals surface area contributed by atoms with Crippen LogP contribution in [0.1, 0.15) is 63.1 Å². The van der Waals surface area contributed by atoms with Crippen molar-refractivity contribution in [2.24, 2.45) is 0 Å². The molecule has 0 spiro atoms. The number of furan rings is 1. The Balaban J connectivity index is 1.46. The second-order valence-corrected chi connectivity index (χ2v) is 9.25. The van der Waals surface area contributed by atoms with Gasteiger partial charge < -0.3 is 14.6 Å². The van der Waals surface area contributed by atoms with Gasteiger partial charge in [0.2, 0.25) is 5.91 Å². The van der Waals surface area contributed by atoms with Crippen molar-refractivity contribution < 1.29 is 14.0 Å². The summed E-state index contributed by atoms with van der Waals surface area (Å²) in [5, 5.41) is 3.09. The standard InChI is InChI=1S/C26H28N2O3S/c1-4-23(22-12-7-17(2)14-18(22)3)27-25(30)19-8-10-20(11-9-19)26-28(24(29)16-32-26)15-21-6-5-13-31-21/h5-14,23,26H,4,15-16H2,1-3H3,(H,27,30)/t23-,26+/m1/s1. The van der Waals surface area contributed by atoms with Crippen molar-refractivity contribution in [2.75, 3.05) is 5.75 Å². The third kappa shape index (κ3) is 4.75. The molecule has 2 atom stereocenters. The lowest BCUT2D eigenvalue weighted by atomic mass is 9.97. The number of carbonyl (C=O) groups excluding carboxylic acids is 2. The Kier molecular flexibility index (Phi) is 6.70. The second kappa shape index (κ2) is 9.65. The molecule has 0 radical (unpaired) electrons. The van der Waals surface area contributed by atoms with Crippen molar-refractivity contribution >= 4 is 23.6 Å². The summed E-state index contributed by atoms with van der Waals surface area (Å²) in [5.74, 6) is 1.21. The van der Waals surface area contributed by atoms with Crippen LogP contribution in [-0.2, 0) is 11.3 Å². The highest BCUT2D eigenvalue weighted by Gasteiger charge is 2.33. The molecule has 0 bridgehead atoms. The SMILES string of the molecule is CC[C@@H](NC(=O)c1ccc([C@@H]2SCC(=O)N2Cc2ccco2)cc1)c1ccc(C)cc1C. The molecule has 2 amide bonds. The fourth-order valence-electron chi connectivity index (χ4n) is 4.13. The van der Waals surface area contributed by atoms with Gasteiger partial charge in [-0.3, -0.25) is 9.59 Å². The maximum atomic E-state index is 12.9. The van der Waals surface area contributed by atoms with Gasteiger partial charge in [0.05, 0.1) is 24.6 Å². The monoisotopic (exact) mass is 448 g/mol. The molecule has 4 rings (SSSR count). The van der Waals surface area contributed by atoms with Crippen LogP contribution in [0.3, 0.4) is 0 Å². The van der Waals surface area contributed by atoms with Gasteiger partial charge in [-0.05, 0) is 61.2 Å². The number of rotatable bonds is 7. The smallest absolute Gasteiger partial charge is 0.251 e. The summed E-state index contributed by atoms with van der Waals surface area (Å²) in [7, 11) is 0. The Morgan fingerprint density at radius 2 is 1.97 bits per heavy atom. The third-order valence-corrected chi connectivity index (χ3v) is 7.10. The number of nitrogens with one attached hydrogen (secondary N) is 1. The Morgan fingerprint density at radius 1 is 1.19 bits per heavy atom. The van der Waals surface area contributed by atoms with E-state index in [9.17, 15) is 9.59 Å². The summed E-state index contributed by atoms with van der Waals surface area (Å²) < 4.78 is 5.42. The molecule has 0 saturated carbocycles. The lowest BCUT2D eigenvalue weighted by molar-refractivity contribution is -0.128. The summed E-state index contributed by atoms with van der Waals surface area (Å²) in [5.41, 5.74) is 5.17. The van der Waals surface area contributed by atoms with E-state index in [2.05, 4.69) is 44.3 Å². The van der Waals surface area contributed by atoms with Crippen LogP contribution in [0.2, 0.25) is 0 Å². The predicted molar refractivity (Wildman–Crippen MR) is 127 cm³/mol. The van der Waals surface area contributed by atoms with Crippen molar-refractivity contribution in [3.05, 3.63) is 94.4 Å². The molecule has 3 aromatic rings. The molecule has 0 aliphatic carbocycles. The van der Waals surface area contributed by atoms with Gasteiger partial charge >= 0.3 is 0 Å². The van der Waals surface area contributed by atoms with E-state index < -0.39 is 0 Å². The van der Waals surface area contributed by atoms with Crippen LogP contribution in [-0.4, -0.2) is 22.5 Å². The zero-order chi connectivity index (χ0) is 22.7. The number of hydrogen-bond donors (Lipinski definition) is 1. The van der Waals surface area contributed by atoms with Gasteiger partial charge in [-0.1, -0.05) is 42.8 Å². The topological polar surface area (TPSA) is 62.6 Å². The Hall–Kier alpha value is -2.99. The largest absolute Gasteiger partial charge is 0.467 e. The number of benzene rings is 2. The normalized spacial score (nSPS) is 16.9. The van der Waals surface area contributed by atoms with E-state index in [1.807, 2.05) is 41.3 Å². The highest BCUT2D eigenvalue weighted by Crippen LogP contribution is 2.39. The van der Waals surface area contributed by atoms with E-state index in [1.165, 1.54) is 11.1 Å². The van der Waals surface area contributed by atoms with Crippen LogP contribution in [0, 0.1) is 13.8 Å². The minimum Gasteiger partial charge on any atom is -0.467 e. The molecule has 1 fully saturated rings. The summed E-state index contributed by atoms with van der Waals surface area (Å²) in [4.78, 5) is 27.2. The van der Waals surface area contributed by atoms with Gasteiger partial charge in [-0.2, -0.15) is 0 Å². The molecule has 2 heterocycles. The van der Waals surface area contributed by atoms with Gasteiger partial charge in [0.25, 0.3) is 5.91 Å². The van der Waals surface area contributed by atoms with Crippen molar-refractivity contribution in [3.63, 3.8) is 0 Å². The molecule has 1 aliphatic heterocycles. The minimum absolute atomic E-state index is 0.0328. The van der Waals surface area contributed by atoms with Gasteiger partial charge in [-0.25, -0.2) is 0 Å². The average molecular weight is 449 g/mol. The molecule has 1 aromatic heterocycles. The first-order chi connectivity index (χ1) is 15.5. The molecule has 1 aliphatic rings. The molecule has 2 aromatic carbocycles. The van der Waals surface area contributed by atoms with Crippen LogP contribution in [0.4, 0.5) is 0 Å². The molecular formula is C26H28N2O3S. The second-order valence-electron chi connectivity index (χ2n) is 8.18. The van der Waals surface area contributed by atoms with E-state index in [4.69, 9.17) is 4.42 Å². The first-order valence-electron chi connectivity index (χ1n) is 10.9. The number of thioether (sulfide) groups is 1. The van der Waals surface area contributed by atoms with Gasteiger partial charge in [0, 0.05) is 5.56 Å². The fourth-order valence-corrected chi connectivity index (χ4v) is 5.32. The van der Waals surface area contributed by atoms with Gasteiger partial charge in [0.15, 0.2) is 0 Å². The first kappa shape index (κ1) is 22.2. The van der Waals surface area contributed by atoms with Crippen molar-refractivity contribution in [3.8, 4) is 0 Å². The fraction of sp³-hybridized carbons (Fsp3) is 0.308. The van der Waals surface area contributed by atoms with Crippen LogP contribution >= 0.6 is 11.8 Å². The van der Waals surface area contributed by atoms with E-state index in [1.54, 1.807) is 18.0 Å². The van der Waals surface area contributed by atoms with Crippen molar-refractivity contribution in [2.45, 2.75) is 45.2 Å². The predicted octanol–water partition coefficient (Wildman–Crippen LogP) is 5.55. The highest BCUT2D eigenvalue weighted by atomic mass is 32.2. The lowest BCUT2D eigenvalue weighted by Gasteiger charge is -2.23. The van der Waals surface area contributed by atoms with Crippen LogP contribution in [0.5, 0.6) is 0 Å². The summed E-state index contributed by atoms with van der Waals surface area (Å²) in [6.07, 6.45) is 2.43. The maximum Gasteiger partial charge on any atom is 0.251 e. The van der Waals surface area contributed by atoms with Crippen LogP contribution in [0.15, 0.2) is 65.3 Å². The Morgan fingerprint density at radius 3 is 2.62 bits per heavy atom. The first-order valence-corrected chi connectivity index (χ1v) is 11.9. The molecule has 166 valence electrons. The summed E-state index contributed by atoms with van der Waals surface area (Å²) in [6.45, 7) is 6.68. The minimum atomic E-state index is -0.0917. The molecule has 32 heavy (non-hydrogen) atoms. The quantitative estimate of drug-likeness (QED) is 0.515. The van der Waals surface area contributed by atoms with E-state index in [0.717, 1.165) is 23.3 Å². The van der Waals surface area contributed by atoms with Crippen molar-refractivity contribution in [1.29, 1.82) is 0 Å². The molecule has 1 N–H and O–H groups in total. The number of hydrogen-bond acceptors (Lipinski definition) is 4. The number of aryl methyl sites for hydroxylation is 2. The zero-order valence-electron chi connectivity index (χ0n) is 18.6.